The van der Waals surface area contributed by atoms with E-state index in [1.165, 1.54) is 10.2 Å². The number of anilines is 1. The Morgan fingerprint density at radius 3 is 2.85 bits per heavy atom. The summed E-state index contributed by atoms with van der Waals surface area (Å²) in [5.74, 6) is 0. The van der Waals surface area contributed by atoms with Crippen molar-refractivity contribution in [3.8, 4) is 0 Å². The van der Waals surface area contributed by atoms with Gasteiger partial charge in [0, 0.05) is 4.47 Å². The van der Waals surface area contributed by atoms with E-state index in [0.717, 1.165) is 9.60 Å². The summed E-state index contributed by atoms with van der Waals surface area (Å²) in [5.41, 5.74) is 6.95. The van der Waals surface area contributed by atoms with Gasteiger partial charge in [-0.2, -0.15) is 0 Å². The van der Waals surface area contributed by atoms with Crippen molar-refractivity contribution in [3.05, 3.63) is 22.7 Å². The fourth-order valence-corrected chi connectivity index (χ4v) is 2.62. The molecule has 0 atom stereocenters. The Hall–Kier alpha value is 0.120. The molecule has 0 radical (unpaired) electrons. The van der Waals surface area contributed by atoms with E-state index < -0.39 is 0 Å². The minimum absolute atomic E-state index is 0. The van der Waals surface area contributed by atoms with E-state index in [2.05, 4.69) is 28.1 Å². The van der Waals surface area contributed by atoms with E-state index in [-0.39, 0.29) is 24.0 Å². The van der Waals surface area contributed by atoms with Gasteiger partial charge in [-0.1, -0.05) is 15.9 Å². The van der Waals surface area contributed by atoms with E-state index >= 15 is 0 Å². The Balaban J connectivity index is 0.000000845. The van der Waals surface area contributed by atoms with Crippen LogP contribution >= 0.6 is 51.2 Å². The zero-order chi connectivity index (χ0) is 8.72. The lowest BCUT2D eigenvalue weighted by molar-refractivity contribution is -0.626. The van der Waals surface area contributed by atoms with Crippen molar-refractivity contribution in [2.24, 2.45) is 7.05 Å². The average molecular weight is 372 g/mol. The molecule has 0 aliphatic carbocycles. The summed E-state index contributed by atoms with van der Waals surface area (Å²) in [7, 11) is 1.97. The molecule has 0 aliphatic heterocycles. The first-order valence-electron chi connectivity index (χ1n) is 3.52. The molecular weight excluding hydrogens is 363 g/mol. The number of aromatic nitrogens is 1. The first kappa shape index (κ1) is 11.2. The smallest absolute Gasteiger partial charge is 0.278 e. The van der Waals surface area contributed by atoms with E-state index in [1.54, 1.807) is 11.3 Å². The van der Waals surface area contributed by atoms with Crippen LogP contribution in [0.2, 0.25) is 0 Å². The number of halogens is 2. The van der Waals surface area contributed by atoms with Gasteiger partial charge < -0.3 is 0 Å². The molecule has 0 saturated carbocycles. The highest BCUT2D eigenvalue weighted by Gasteiger charge is 2.09. The predicted molar refractivity (Wildman–Crippen MR) is 70.5 cm³/mol. The molecular formula is C8H9BrIN2S+. The maximum Gasteiger partial charge on any atom is 0.332 e. The van der Waals surface area contributed by atoms with Gasteiger partial charge in [-0.15, -0.1) is 24.0 Å². The summed E-state index contributed by atoms with van der Waals surface area (Å²) in [6.07, 6.45) is 0. The van der Waals surface area contributed by atoms with Crippen molar-refractivity contribution < 1.29 is 4.57 Å². The second-order valence-electron chi connectivity index (χ2n) is 2.61. The molecule has 2 rings (SSSR count). The second kappa shape index (κ2) is 4.10. The number of aryl methyl sites for hydroxylation is 1. The van der Waals surface area contributed by atoms with Gasteiger partial charge in [0.2, 0.25) is 0 Å². The Morgan fingerprint density at radius 2 is 2.15 bits per heavy atom. The average Bonchev–Trinajstić information content (AvgIpc) is 2.28. The first-order chi connectivity index (χ1) is 5.68. The zero-order valence-corrected chi connectivity index (χ0v) is 11.7. The van der Waals surface area contributed by atoms with Crippen molar-refractivity contribution in [1.82, 2.24) is 0 Å². The number of thiazole rings is 1. The van der Waals surface area contributed by atoms with E-state index in [0.29, 0.717) is 0 Å². The van der Waals surface area contributed by atoms with Crippen molar-refractivity contribution >= 4 is 66.6 Å². The van der Waals surface area contributed by atoms with Crippen molar-refractivity contribution in [2.45, 2.75) is 0 Å². The van der Waals surface area contributed by atoms with Gasteiger partial charge in [-0.3, -0.25) is 5.73 Å². The number of benzene rings is 1. The molecule has 2 aromatic rings. The zero-order valence-electron chi connectivity index (χ0n) is 6.95. The van der Waals surface area contributed by atoms with Crippen LogP contribution < -0.4 is 10.3 Å². The van der Waals surface area contributed by atoms with Gasteiger partial charge >= 0.3 is 5.13 Å². The summed E-state index contributed by atoms with van der Waals surface area (Å²) < 4.78 is 4.30. The van der Waals surface area contributed by atoms with Gasteiger partial charge in [0.1, 0.15) is 5.52 Å². The molecule has 0 saturated heterocycles. The molecule has 1 aromatic carbocycles. The first-order valence-corrected chi connectivity index (χ1v) is 5.13. The van der Waals surface area contributed by atoms with E-state index in [1.807, 2.05) is 17.7 Å². The van der Waals surface area contributed by atoms with Crippen LogP contribution in [0.1, 0.15) is 0 Å². The Labute approximate surface area is 106 Å². The number of hydrogen-bond acceptors (Lipinski definition) is 2. The van der Waals surface area contributed by atoms with Crippen molar-refractivity contribution in [3.63, 3.8) is 0 Å². The van der Waals surface area contributed by atoms with Crippen LogP contribution in [0.3, 0.4) is 0 Å². The molecule has 70 valence electrons. The maximum absolute atomic E-state index is 5.77. The molecule has 2 nitrogen and oxygen atoms in total. The molecule has 1 aromatic heterocycles. The minimum atomic E-state index is 0. The number of nitrogens with zero attached hydrogens (tertiary/aromatic N) is 1. The monoisotopic (exact) mass is 371 g/mol. The molecule has 0 amide bonds. The van der Waals surface area contributed by atoms with Crippen molar-refractivity contribution in [2.75, 3.05) is 5.73 Å². The van der Waals surface area contributed by atoms with Crippen molar-refractivity contribution in [1.29, 1.82) is 0 Å². The van der Waals surface area contributed by atoms with Crippen LogP contribution in [0.15, 0.2) is 22.7 Å². The third kappa shape index (κ3) is 1.97. The molecule has 0 spiro atoms. The van der Waals surface area contributed by atoms with Gasteiger partial charge in [-0.25, -0.2) is 4.57 Å². The predicted octanol–water partition coefficient (Wildman–Crippen LogP) is 2.69. The van der Waals surface area contributed by atoms with Crippen LogP contribution in [0, 0.1) is 0 Å². The molecule has 2 N–H and O–H groups in total. The lowest BCUT2D eigenvalue weighted by Crippen LogP contribution is -2.29. The third-order valence-corrected chi connectivity index (χ3v) is 3.35. The number of nitrogens with two attached hydrogens (primary N) is 1. The standard InChI is InChI=1S/C8H7BrN2S.HI/c1-11-6-3-2-5(9)4-7(6)12-8(11)10;/h2-4,10H,1H3;1H/p+1. The number of nitrogen functional groups attached to an aromatic ring is 1. The van der Waals surface area contributed by atoms with Crippen LogP contribution in [0.25, 0.3) is 10.2 Å². The quantitative estimate of drug-likeness (QED) is 0.560. The summed E-state index contributed by atoms with van der Waals surface area (Å²) in [6.45, 7) is 0. The van der Waals surface area contributed by atoms with Gasteiger partial charge in [-0.05, 0) is 29.5 Å². The Bertz CT molecular complexity index is 441. The fraction of sp³-hybridized carbons (Fsp3) is 0.125. The number of fused-ring (bicyclic) bond motifs is 1. The lowest BCUT2D eigenvalue weighted by atomic mass is 10.3. The number of rotatable bonds is 0. The van der Waals surface area contributed by atoms with Gasteiger partial charge in [0.25, 0.3) is 0 Å². The molecule has 5 heteroatoms. The van der Waals surface area contributed by atoms with E-state index in [4.69, 9.17) is 5.73 Å². The normalized spacial score (nSPS) is 10.0. The molecule has 1 heterocycles. The summed E-state index contributed by atoms with van der Waals surface area (Å²) in [6, 6.07) is 6.16. The second-order valence-corrected chi connectivity index (χ2v) is 4.59. The third-order valence-electron chi connectivity index (χ3n) is 1.83. The van der Waals surface area contributed by atoms with Crippen LogP contribution in [0.4, 0.5) is 5.13 Å². The molecule has 0 unspecified atom stereocenters. The summed E-state index contributed by atoms with van der Waals surface area (Å²) in [5, 5.41) is 0.836. The molecule has 0 aliphatic rings. The lowest BCUT2D eigenvalue weighted by Gasteiger charge is -1.89. The summed E-state index contributed by atoms with van der Waals surface area (Å²) >= 11 is 5.03. The number of hydrogen-bond donors (Lipinski definition) is 1. The van der Waals surface area contributed by atoms with Gasteiger partial charge in [0.05, 0.1) is 11.7 Å². The minimum Gasteiger partial charge on any atom is -0.278 e. The topological polar surface area (TPSA) is 29.9 Å². The Kier molecular flexibility index (Phi) is 3.53. The largest absolute Gasteiger partial charge is 0.332 e. The molecule has 0 bridgehead atoms. The van der Waals surface area contributed by atoms with Crippen LogP contribution in [0.5, 0.6) is 0 Å². The highest BCUT2D eigenvalue weighted by Crippen LogP contribution is 2.24. The fourth-order valence-electron chi connectivity index (χ4n) is 1.15. The summed E-state index contributed by atoms with van der Waals surface area (Å²) in [4.78, 5) is 0. The van der Waals surface area contributed by atoms with E-state index in [9.17, 15) is 0 Å². The Morgan fingerprint density at radius 1 is 1.46 bits per heavy atom. The van der Waals surface area contributed by atoms with Crippen LogP contribution in [-0.2, 0) is 7.05 Å². The SMILES string of the molecule is C[n+]1c(N)sc2cc(Br)ccc21.I. The highest BCUT2D eigenvalue weighted by molar-refractivity contribution is 14.0. The maximum atomic E-state index is 5.77. The van der Waals surface area contributed by atoms with Gasteiger partial charge in [0.15, 0.2) is 0 Å². The molecule has 13 heavy (non-hydrogen) atoms. The van der Waals surface area contributed by atoms with Crippen LogP contribution in [-0.4, -0.2) is 0 Å². The highest BCUT2D eigenvalue weighted by atomic mass is 127. The molecule has 0 fully saturated rings.